The van der Waals surface area contributed by atoms with Crippen LogP contribution in [0.4, 0.5) is 0 Å². The highest BCUT2D eigenvalue weighted by atomic mass is 35.5. The Bertz CT molecular complexity index is 675. The lowest BCUT2D eigenvalue weighted by molar-refractivity contribution is 0.478. The Morgan fingerprint density at radius 3 is 2.55 bits per heavy atom. The summed E-state index contributed by atoms with van der Waals surface area (Å²) in [5.41, 5.74) is 8.25. The average Bonchev–Trinajstić information content (AvgIpc) is 2.43. The number of nitrogens with zero attached hydrogens (tertiary/aromatic N) is 1. The molecule has 4 heteroatoms. The summed E-state index contributed by atoms with van der Waals surface area (Å²) in [5.74, 6) is 1.17. The zero-order valence-corrected chi connectivity index (χ0v) is 12.1. The molecule has 0 aliphatic heterocycles. The van der Waals surface area contributed by atoms with Gasteiger partial charge in [0.25, 0.3) is 0 Å². The zero-order valence-electron chi connectivity index (χ0n) is 11.4. The number of benzene rings is 2. The van der Waals surface area contributed by atoms with E-state index >= 15 is 0 Å². The molecular formula is C16H15ClN2O. The highest BCUT2D eigenvalue weighted by Crippen LogP contribution is 2.33. The van der Waals surface area contributed by atoms with E-state index in [1.54, 1.807) is 24.3 Å². The Hall–Kier alpha value is -2.02. The molecule has 0 spiro atoms. The fourth-order valence-electron chi connectivity index (χ4n) is 1.78. The maximum absolute atomic E-state index is 8.93. The topological polar surface area (TPSA) is 59.0 Å². The van der Waals surface area contributed by atoms with Crippen molar-refractivity contribution in [2.24, 2.45) is 5.73 Å². The van der Waals surface area contributed by atoms with E-state index in [4.69, 9.17) is 27.3 Å². The van der Waals surface area contributed by atoms with Gasteiger partial charge < -0.3 is 10.5 Å². The van der Waals surface area contributed by atoms with Gasteiger partial charge in [0.15, 0.2) is 0 Å². The normalized spacial score (nSPS) is 11.8. The molecule has 2 rings (SSSR count). The molecule has 0 heterocycles. The molecule has 0 aromatic heterocycles. The molecular weight excluding hydrogens is 272 g/mol. The van der Waals surface area contributed by atoms with Crippen molar-refractivity contribution in [2.75, 3.05) is 0 Å². The predicted molar refractivity (Wildman–Crippen MR) is 80.0 cm³/mol. The Morgan fingerprint density at radius 1 is 1.20 bits per heavy atom. The first-order valence-corrected chi connectivity index (χ1v) is 6.62. The smallest absolute Gasteiger partial charge is 0.146 e. The maximum Gasteiger partial charge on any atom is 0.146 e. The van der Waals surface area contributed by atoms with E-state index in [1.165, 1.54) is 0 Å². The van der Waals surface area contributed by atoms with Gasteiger partial charge >= 0.3 is 0 Å². The van der Waals surface area contributed by atoms with Gasteiger partial charge in [0, 0.05) is 6.04 Å². The third kappa shape index (κ3) is 3.11. The van der Waals surface area contributed by atoms with Crippen LogP contribution in [-0.2, 0) is 0 Å². The molecule has 0 bridgehead atoms. The van der Waals surface area contributed by atoms with Gasteiger partial charge in [0.2, 0.25) is 0 Å². The molecule has 102 valence electrons. The van der Waals surface area contributed by atoms with Crippen LogP contribution in [0, 0.1) is 18.3 Å². The first kappa shape index (κ1) is 14.4. The van der Waals surface area contributed by atoms with Gasteiger partial charge in [-0.3, -0.25) is 0 Å². The molecule has 0 fully saturated rings. The Labute approximate surface area is 123 Å². The summed E-state index contributed by atoms with van der Waals surface area (Å²) in [7, 11) is 0. The first-order chi connectivity index (χ1) is 9.51. The monoisotopic (exact) mass is 286 g/mol. The minimum atomic E-state index is -0.0785. The van der Waals surface area contributed by atoms with Gasteiger partial charge in [-0.1, -0.05) is 23.7 Å². The molecule has 0 saturated heterocycles. The van der Waals surface area contributed by atoms with Crippen LogP contribution in [0.2, 0.25) is 5.02 Å². The first-order valence-electron chi connectivity index (χ1n) is 6.25. The zero-order chi connectivity index (χ0) is 14.7. The number of nitrogens with two attached hydrogens (primary N) is 1. The molecule has 2 aromatic rings. The lowest BCUT2D eigenvalue weighted by Gasteiger charge is -2.12. The van der Waals surface area contributed by atoms with Gasteiger partial charge in [0.05, 0.1) is 16.7 Å². The lowest BCUT2D eigenvalue weighted by Crippen LogP contribution is -2.04. The summed E-state index contributed by atoms with van der Waals surface area (Å²) >= 11 is 6.20. The number of rotatable bonds is 3. The predicted octanol–water partition coefficient (Wildman–Crippen LogP) is 4.33. The summed E-state index contributed by atoms with van der Waals surface area (Å²) in [6.07, 6.45) is 0. The van der Waals surface area contributed by atoms with E-state index in [0.29, 0.717) is 22.1 Å². The standard InChI is InChI=1S/C16H15ClN2O/c1-10-3-4-12(9-18)7-16(10)20-15-6-5-13(11(2)19)8-14(15)17/h3-8,11H,19H2,1-2H3/t11-/m0/s1. The number of nitriles is 1. The van der Waals surface area contributed by atoms with Crippen molar-refractivity contribution in [1.82, 2.24) is 0 Å². The fraction of sp³-hybridized carbons (Fsp3) is 0.188. The van der Waals surface area contributed by atoms with Crippen LogP contribution in [0.1, 0.15) is 29.7 Å². The maximum atomic E-state index is 8.93. The van der Waals surface area contributed by atoms with Crippen molar-refractivity contribution < 1.29 is 4.74 Å². The third-order valence-electron chi connectivity index (χ3n) is 3.02. The van der Waals surface area contributed by atoms with E-state index in [-0.39, 0.29) is 6.04 Å². The second-order valence-electron chi connectivity index (χ2n) is 4.67. The van der Waals surface area contributed by atoms with Crippen molar-refractivity contribution in [1.29, 1.82) is 5.26 Å². The lowest BCUT2D eigenvalue weighted by atomic mass is 10.1. The highest BCUT2D eigenvalue weighted by molar-refractivity contribution is 6.32. The van der Waals surface area contributed by atoms with Crippen molar-refractivity contribution in [3.05, 3.63) is 58.1 Å². The summed E-state index contributed by atoms with van der Waals surface area (Å²) in [4.78, 5) is 0. The van der Waals surface area contributed by atoms with Crippen LogP contribution in [0.3, 0.4) is 0 Å². The largest absolute Gasteiger partial charge is 0.455 e. The summed E-state index contributed by atoms with van der Waals surface area (Å²) in [6.45, 7) is 3.81. The molecule has 3 nitrogen and oxygen atoms in total. The molecule has 2 N–H and O–H groups in total. The number of halogens is 1. The summed E-state index contributed by atoms with van der Waals surface area (Å²) < 4.78 is 5.79. The Kier molecular flexibility index (Phi) is 4.29. The van der Waals surface area contributed by atoms with Crippen molar-refractivity contribution in [3.8, 4) is 17.6 Å². The molecule has 0 amide bonds. The molecule has 0 saturated carbocycles. The van der Waals surface area contributed by atoms with Crippen molar-refractivity contribution in [3.63, 3.8) is 0 Å². The van der Waals surface area contributed by atoms with Gasteiger partial charge in [-0.25, -0.2) is 0 Å². The van der Waals surface area contributed by atoms with Crippen LogP contribution < -0.4 is 10.5 Å². The highest BCUT2D eigenvalue weighted by Gasteiger charge is 2.09. The minimum absolute atomic E-state index is 0.0785. The van der Waals surface area contributed by atoms with Crippen molar-refractivity contribution in [2.45, 2.75) is 19.9 Å². The fourth-order valence-corrected chi connectivity index (χ4v) is 2.01. The van der Waals surface area contributed by atoms with E-state index in [0.717, 1.165) is 11.1 Å². The molecule has 2 aromatic carbocycles. The molecule has 1 atom stereocenters. The van der Waals surface area contributed by atoms with E-state index < -0.39 is 0 Å². The van der Waals surface area contributed by atoms with Crippen LogP contribution in [0.15, 0.2) is 36.4 Å². The quantitative estimate of drug-likeness (QED) is 0.913. The Morgan fingerprint density at radius 2 is 1.95 bits per heavy atom. The number of ether oxygens (including phenoxy) is 1. The van der Waals surface area contributed by atoms with E-state index in [9.17, 15) is 0 Å². The Balaban J connectivity index is 2.33. The molecule has 0 unspecified atom stereocenters. The van der Waals surface area contributed by atoms with Crippen LogP contribution in [0.5, 0.6) is 11.5 Å². The van der Waals surface area contributed by atoms with Crippen LogP contribution in [0.25, 0.3) is 0 Å². The van der Waals surface area contributed by atoms with Crippen LogP contribution >= 0.6 is 11.6 Å². The third-order valence-corrected chi connectivity index (χ3v) is 3.31. The molecule has 20 heavy (non-hydrogen) atoms. The summed E-state index contributed by atoms with van der Waals surface area (Å²) in [6, 6.07) is 12.8. The van der Waals surface area contributed by atoms with Crippen LogP contribution in [-0.4, -0.2) is 0 Å². The SMILES string of the molecule is Cc1ccc(C#N)cc1Oc1ccc([C@H](C)N)cc1Cl. The van der Waals surface area contributed by atoms with Gasteiger partial charge in [0.1, 0.15) is 11.5 Å². The average molecular weight is 287 g/mol. The van der Waals surface area contributed by atoms with Gasteiger partial charge in [-0.2, -0.15) is 5.26 Å². The van der Waals surface area contributed by atoms with E-state index in [1.807, 2.05) is 26.0 Å². The second-order valence-corrected chi connectivity index (χ2v) is 5.08. The molecule has 0 aliphatic rings. The number of hydrogen-bond acceptors (Lipinski definition) is 3. The minimum Gasteiger partial charge on any atom is -0.455 e. The molecule has 0 radical (unpaired) electrons. The van der Waals surface area contributed by atoms with Gasteiger partial charge in [-0.05, 0) is 49.2 Å². The second kappa shape index (κ2) is 5.96. The van der Waals surface area contributed by atoms with E-state index in [2.05, 4.69) is 6.07 Å². The van der Waals surface area contributed by atoms with Gasteiger partial charge in [-0.15, -0.1) is 0 Å². The molecule has 0 aliphatic carbocycles. The van der Waals surface area contributed by atoms with Crippen molar-refractivity contribution >= 4 is 11.6 Å². The number of aryl methyl sites for hydroxylation is 1. The summed E-state index contributed by atoms with van der Waals surface area (Å²) in [5, 5.41) is 9.43. The number of hydrogen-bond donors (Lipinski definition) is 1.